The fraction of sp³-hybridized carbons (Fsp3) is 0.409. The fourth-order valence-electron chi connectivity index (χ4n) is 4.40. The molecule has 0 radical (unpaired) electrons. The second-order valence-electron chi connectivity index (χ2n) is 8.35. The Morgan fingerprint density at radius 1 is 1.12 bits per heavy atom. The van der Waals surface area contributed by atoms with E-state index < -0.39 is 15.9 Å². The molecule has 3 aromatic rings. The molecule has 2 aliphatic rings. The minimum absolute atomic E-state index is 0.0118. The van der Waals surface area contributed by atoms with Gasteiger partial charge >= 0.3 is 6.01 Å². The minimum Gasteiger partial charge on any atom is -0.403 e. The van der Waals surface area contributed by atoms with Crippen molar-refractivity contribution in [3.05, 3.63) is 45.8 Å². The molecule has 1 aliphatic heterocycles. The first kappa shape index (κ1) is 22.5. The van der Waals surface area contributed by atoms with Gasteiger partial charge in [0.05, 0.1) is 10.3 Å². The number of thiophene rings is 1. The van der Waals surface area contributed by atoms with Crippen LogP contribution in [0.2, 0.25) is 4.34 Å². The van der Waals surface area contributed by atoms with E-state index in [1.54, 1.807) is 6.07 Å². The average molecular weight is 507 g/mol. The van der Waals surface area contributed by atoms with E-state index in [2.05, 4.69) is 27.6 Å². The summed E-state index contributed by atoms with van der Waals surface area (Å²) in [6.07, 6.45) is 5.68. The normalized spacial score (nSPS) is 19.2. The quantitative estimate of drug-likeness (QED) is 0.550. The number of aromatic nitrogens is 2. The van der Waals surface area contributed by atoms with Gasteiger partial charge in [-0.15, -0.1) is 16.4 Å². The van der Waals surface area contributed by atoms with Crippen LogP contribution in [-0.2, 0) is 27.7 Å². The predicted molar refractivity (Wildman–Crippen MR) is 126 cm³/mol. The number of hydrogen-bond donors (Lipinski definition) is 1. The number of aryl methyl sites for hydroxylation is 2. The van der Waals surface area contributed by atoms with Gasteiger partial charge in [-0.2, -0.15) is 4.31 Å². The lowest BCUT2D eigenvalue weighted by molar-refractivity contribution is -0.121. The Morgan fingerprint density at radius 3 is 2.73 bits per heavy atom. The largest absolute Gasteiger partial charge is 0.403 e. The van der Waals surface area contributed by atoms with Crippen LogP contribution in [0.1, 0.15) is 36.8 Å². The Hall–Kier alpha value is -2.27. The summed E-state index contributed by atoms with van der Waals surface area (Å²) in [5.41, 5.74) is 3.49. The third-order valence-electron chi connectivity index (χ3n) is 6.15. The van der Waals surface area contributed by atoms with Crippen LogP contribution in [0.4, 0.5) is 6.01 Å². The number of fused-ring (bicyclic) bond motifs is 1. The van der Waals surface area contributed by atoms with E-state index in [1.807, 2.05) is 6.07 Å². The molecular weight excluding hydrogens is 484 g/mol. The zero-order valence-electron chi connectivity index (χ0n) is 17.8. The molecule has 1 fully saturated rings. The molecule has 11 heteroatoms. The monoisotopic (exact) mass is 506 g/mol. The third kappa shape index (κ3) is 4.70. The van der Waals surface area contributed by atoms with Gasteiger partial charge in [0.25, 0.3) is 10.0 Å². The summed E-state index contributed by atoms with van der Waals surface area (Å²) in [5.74, 6) is -0.496. The van der Waals surface area contributed by atoms with E-state index in [9.17, 15) is 13.2 Å². The smallest absolute Gasteiger partial charge is 0.322 e. The fourth-order valence-corrected chi connectivity index (χ4v) is 7.56. The maximum Gasteiger partial charge on any atom is 0.322 e. The zero-order valence-corrected chi connectivity index (χ0v) is 20.2. The molecule has 1 aliphatic carbocycles. The number of amides is 1. The maximum absolute atomic E-state index is 12.9. The molecule has 1 aromatic carbocycles. The number of nitrogens with zero attached hydrogens (tertiary/aromatic N) is 3. The highest BCUT2D eigenvalue weighted by Crippen LogP contribution is 2.31. The molecule has 1 atom stereocenters. The van der Waals surface area contributed by atoms with Crippen LogP contribution in [0.25, 0.3) is 11.5 Å². The van der Waals surface area contributed by atoms with Crippen molar-refractivity contribution in [2.45, 2.75) is 42.7 Å². The number of carbonyl (C=O) groups is 1. The Bertz CT molecular complexity index is 1290. The Labute approximate surface area is 201 Å². The molecule has 2 aromatic heterocycles. The van der Waals surface area contributed by atoms with Crippen LogP contribution in [0.15, 0.2) is 39.0 Å². The van der Waals surface area contributed by atoms with Crippen LogP contribution in [0.3, 0.4) is 0 Å². The lowest BCUT2D eigenvalue weighted by Crippen LogP contribution is -2.43. The molecule has 3 heterocycles. The molecule has 174 valence electrons. The van der Waals surface area contributed by atoms with Crippen molar-refractivity contribution >= 4 is 44.9 Å². The van der Waals surface area contributed by atoms with Gasteiger partial charge in [-0.05, 0) is 73.9 Å². The predicted octanol–water partition coefficient (Wildman–Crippen LogP) is 4.37. The highest BCUT2D eigenvalue weighted by molar-refractivity contribution is 7.91. The average Bonchev–Trinajstić information content (AvgIpc) is 3.48. The van der Waals surface area contributed by atoms with E-state index in [1.165, 1.54) is 34.3 Å². The van der Waals surface area contributed by atoms with Gasteiger partial charge in [0.2, 0.25) is 11.8 Å². The number of benzene rings is 1. The van der Waals surface area contributed by atoms with Crippen molar-refractivity contribution in [3.63, 3.8) is 0 Å². The Morgan fingerprint density at radius 2 is 1.94 bits per heavy atom. The lowest BCUT2D eigenvalue weighted by Gasteiger charge is -2.30. The van der Waals surface area contributed by atoms with Gasteiger partial charge in [-0.3, -0.25) is 10.1 Å². The summed E-state index contributed by atoms with van der Waals surface area (Å²) in [6.45, 7) is 0.459. The molecule has 0 saturated carbocycles. The summed E-state index contributed by atoms with van der Waals surface area (Å²) >= 11 is 6.92. The van der Waals surface area contributed by atoms with Gasteiger partial charge in [-0.1, -0.05) is 22.8 Å². The molecule has 1 unspecified atom stereocenters. The molecule has 5 rings (SSSR count). The van der Waals surface area contributed by atoms with E-state index in [4.69, 9.17) is 16.0 Å². The van der Waals surface area contributed by atoms with E-state index in [0.717, 1.165) is 29.7 Å². The number of piperidine rings is 1. The van der Waals surface area contributed by atoms with E-state index >= 15 is 0 Å². The highest BCUT2D eigenvalue weighted by Gasteiger charge is 2.34. The summed E-state index contributed by atoms with van der Waals surface area (Å²) in [5, 5.41) is 10.7. The van der Waals surface area contributed by atoms with Crippen LogP contribution in [0, 0.1) is 5.92 Å². The zero-order chi connectivity index (χ0) is 23.0. The van der Waals surface area contributed by atoms with Crippen LogP contribution in [-0.4, -0.2) is 41.9 Å². The maximum atomic E-state index is 12.9. The van der Waals surface area contributed by atoms with Gasteiger partial charge in [0.1, 0.15) is 4.21 Å². The van der Waals surface area contributed by atoms with Crippen molar-refractivity contribution < 1.29 is 17.6 Å². The molecular formula is C22H23ClN4O4S2. The van der Waals surface area contributed by atoms with Crippen molar-refractivity contribution in [3.8, 4) is 11.5 Å². The van der Waals surface area contributed by atoms with E-state index in [0.29, 0.717) is 29.6 Å². The highest BCUT2D eigenvalue weighted by atomic mass is 35.5. The van der Waals surface area contributed by atoms with Gasteiger partial charge < -0.3 is 4.42 Å². The molecule has 33 heavy (non-hydrogen) atoms. The van der Waals surface area contributed by atoms with Gasteiger partial charge in [0.15, 0.2) is 0 Å². The molecule has 1 amide bonds. The summed E-state index contributed by atoms with van der Waals surface area (Å²) in [7, 11) is -3.68. The standard InChI is InChI=1S/C22H23ClN4O4S2/c23-18-9-10-19(32-18)33(29,30)27-11-3-6-17(13-27)20(28)24-22-26-25-21(31-22)16-8-7-14-4-1-2-5-15(14)12-16/h7-10,12,17H,1-6,11,13H2,(H,24,26,28). The number of nitrogens with one attached hydrogen (secondary N) is 1. The molecule has 1 saturated heterocycles. The van der Waals surface area contributed by atoms with E-state index in [-0.39, 0.29) is 22.7 Å². The summed E-state index contributed by atoms with van der Waals surface area (Å²) < 4.78 is 33.4. The number of rotatable bonds is 5. The lowest BCUT2D eigenvalue weighted by atomic mass is 9.90. The number of hydrogen-bond acceptors (Lipinski definition) is 7. The van der Waals surface area contributed by atoms with Gasteiger partial charge in [0, 0.05) is 18.7 Å². The number of sulfonamides is 1. The SMILES string of the molecule is O=C(Nc1nnc(-c2ccc3c(c2)CCCC3)o1)C1CCCN(S(=O)(=O)c2ccc(Cl)s2)C1. The van der Waals surface area contributed by atoms with Gasteiger partial charge in [-0.25, -0.2) is 8.42 Å². The number of halogens is 1. The molecule has 8 nitrogen and oxygen atoms in total. The molecule has 1 N–H and O–H groups in total. The van der Waals surface area contributed by atoms with Crippen molar-refractivity contribution in [2.75, 3.05) is 18.4 Å². The second kappa shape index (κ2) is 9.17. The Kier molecular flexibility index (Phi) is 6.26. The summed E-state index contributed by atoms with van der Waals surface area (Å²) in [6, 6.07) is 9.20. The summed E-state index contributed by atoms with van der Waals surface area (Å²) in [4.78, 5) is 12.8. The van der Waals surface area contributed by atoms with Crippen LogP contribution in [0.5, 0.6) is 0 Å². The minimum atomic E-state index is -3.68. The Balaban J connectivity index is 1.26. The van der Waals surface area contributed by atoms with Crippen molar-refractivity contribution in [2.24, 2.45) is 5.92 Å². The topological polar surface area (TPSA) is 105 Å². The number of carbonyl (C=O) groups excluding carboxylic acids is 1. The van der Waals surface area contributed by atoms with Crippen molar-refractivity contribution in [1.82, 2.24) is 14.5 Å². The first-order chi connectivity index (χ1) is 15.9. The molecule has 0 bridgehead atoms. The first-order valence-corrected chi connectivity index (χ1v) is 13.6. The number of anilines is 1. The van der Waals surface area contributed by atoms with Crippen LogP contribution >= 0.6 is 22.9 Å². The third-order valence-corrected chi connectivity index (χ3v) is 9.71. The molecule has 0 spiro atoms. The van der Waals surface area contributed by atoms with Crippen molar-refractivity contribution in [1.29, 1.82) is 0 Å². The van der Waals surface area contributed by atoms with Crippen LogP contribution < -0.4 is 5.32 Å². The first-order valence-electron chi connectivity index (χ1n) is 10.9. The second-order valence-corrected chi connectivity index (χ2v) is 12.2.